The highest BCUT2D eigenvalue weighted by Crippen LogP contribution is 2.28. The smallest absolute Gasteiger partial charge is 0.481 e. The molecule has 0 atom stereocenters. The number of hydrogen-bond donors (Lipinski definition) is 2. The second kappa shape index (κ2) is 5.07. The van der Waals surface area contributed by atoms with Gasteiger partial charge in [0.05, 0.1) is 17.8 Å². The zero-order valence-electron chi connectivity index (χ0n) is 8.79. The average Bonchev–Trinajstić information content (AvgIpc) is 2.19. The van der Waals surface area contributed by atoms with Gasteiger partial charge in [-0.3, -0.25) is 4.79 Å². The molecule has 0 radical (unpaired) electrons. The number of nitrogens with zero attached hydrogens (tertiary/aromatic N) is 1. The van der Waals surface area contributed by atoms with Gasteiger partial charge in [-0.05, 0) is 6.07 Å². The minimum atomic E-state index is -5.05. The quantitative estimate of drug-likeness (QED) is 0.811. The van der Waals surface area contributed by atoms with Crippen molar-refractivity contribution in [3.8, 4) is 5.88 Å². The number of rotatable bonds is 4. The van der Waals surface area contributed by atoms with Gasteiger partial charge in [0.15, 0.2) is 0 Å². The van der Waals surface area contributed by atoms with E-state index in [1.54, 1.807) is 0 Å². The predicted molar refractivity (Wildman–Crippen MR) is 51.5 cm³/mol. The lowest BCUT2D eigenvalue weighted by Crippen LogP contribution is -2.20. The molecule has 0 amide bonds. The first-order valence-corrected chi connectivity index (χ1v) is 4.54. The van der Waals surface area contributed by atoms with E-state index in [0.29, 0.717) is 0 Å². The van der Waals surface area contributed by atoms with Crippen LogP contribution in [0.15, 0.2) is 6.07 Å². The van der Waals surface area contributed by atoms with Crippen molar-refractivity contribution in [3.05, 3.63) is 17.3 Å². The summed E-state index contributed by atoms with van der Waals surface area (Å²) in [5.74, 6) is -2.37. The molecule has 0 aliphatic carbocycles. The molecule has 5 nitrogen and oxygen atoms in total. The number of ether oxygens (including phenoxy) is 1. The molecule has 18 heavy (non-hydrogen) atoms. The Morgan fingerprint density at radius 1 is 1.50 bits per heavy atom. The van der Waals surface area contributed by atoms with Crippen LogP contribution in [0.25, 0.3) is 0 Å². The van der Waals surface area contributed by atoms with Crippen LogP contribution in [0.2, 0.25) is 0 Å². The van der Waals surface area contributed by atoms with Gasteiger partial charge >= 0.3 is 12.3 Å². The molecule has 1 rings (SSSR count). The van der Waals surface area contributed by atoms with Crippen molar-refractivity contribution in [1.82, 2.24) is 4.98 Å². The van der Waals surface area contributed by atoms with Crippen LogP contribution in [-0.4, -0.2) is 22.4 Å². The van der Waals surface area contributed by atoms with Crippen molar-refractivity contribution < 1.29 is 32.2 Å². The van der Waals surface area contributed by atoms with Crippen LogP contribution in [0.3, 0.4) is 0 Å². The van der Waals surface area contributed by atoms with Crippen LogP contribution in [0.5, 0.6) is 5.88 Å². The second-order valence-electron chi connectivity index (χ2n) is 3.24. The highest BCUT2D eigenvalue weighted by Gasteiger charge is 2.33. The molecule has 0 aliphatic heterocycles. The summed E-state index contributed by atoms with van der Waals surface area (Å²) in [6.45, 7) is -1.27. The number of carboxylic acids is 1. The molecule has 0 saturated carbocycles. The number of hydrogen-bond acceptors (Lipinski definition) is 4. The summed E-state index contributed by atoms with van der Waals surface area (Å²) in [6.07, 6.45) is -5.74. The third-order valence-electron chi connectivity index (χ3n) is 1.85. The molecule has 0 fully saturated rings. The third kappa shape index (κ3) is 3.75. The molecule has 1 aromatic rings. The van der Waals surface area contributed by atoms with E-state index in [0.717, 1.165) is 6.07 Å². The van der Waals surface area contributed by atoms with E-state index in [1.807, 2.05) is 0 Å². The summed E-state index contributed by atoms with van der Waals surface area (Å²) in [4.78, 5) is 13.7. The summed E-state index contributed by atoms with van der Waals surface area (Å²) in [5.41, 5.74) is 4.32. The van der Waals surface area contributed by atoms with E-state index in [2.05, 4.69) is 9.72 Å². The van der Waals surface area contributed by atoms with E-state index < -0.39 is 36.9 Å². The maximum atomic E-state index is 12.5. The molecule has 100 valence electrons. The molecule has 3 N–H and O–H groups in total. The summed E-state index contributed by atoms with van der Waals surface area (Å²) in [7, 11) is 0. The first kappa shape index (κ1) is 14.0. The fraction of sp³-hybridized carbons (Fsp3) is 0.333. The molecular weight excluding hydrogens is 260 g/mol. The minimum Gasteiger partial charge on any atom is -0.481 e. The van der Waals surface area contributed by atoms with Crippen LogP contribution in [-0.2, 0) is 17.9 Å². The van der Waals surface area contributed by atoms with Gasteiger partial charge in [-0.25, -0.2) is 9.37 Å². The van der Waals surface area contributed by atoms with E-state index in [-0.39, 0.29) is 11.4 Å². The number of nitrogens with two attached hydrogens (primary N) is 1. The lowest BCUT2D eigenvalue weighted by molar-refractivity contribution is -0.276. The molecule has 9 heteroatoms. The number of aliphatic carboxylic acids is 1. The van der Waals surface area contributed by atoms with Gasteiger partial charge in [0.25, 0.3) is 0 Å². The van der Waals surface area contributed by atoms with Gasteiger partial charge in [-0.15, -0.1) is 13.2 Å². The number of alkyl halides is 4. The van der Waals surface area contributed by atoms with Crippen LogP contribution >= 0.6 is 0 Å². The van der Waals surface area contributed by atoms with Gasteiger partial charge in [-0.1, -0.05) is 0 Å². The van der Waals surface area contributed by atoms with Gasteiger partial charge < -0.3 is 15.6 Å². The number of anilines is 1. The van der Waals surface area contributed by atoms with Crippen molar-refractivity contribution in [2.75, 3.05) is 5.73 Å². The van der Waals surface area contributed by atoms with Crippen LogP contribution in [0, 0.1) is 0 Å². The maximum Gasteiger partial charge on any atom is 0.574 e. The third-order valence-corrected chi connectivity index (χ3v) is 1.85. The number of halogens is 4. The van der Waals surface area contributed by atoms with Crippen molar-refractivity contribution in [3.63, 3.8) is 0 Å². The second-order valence-corrected chi connectivity index (χ2v) is 3.24. The van der Waals surface area contributed by atoms with Gasteiger partial charge in [0.2, 0.25) is 5.88 Å². The number of carboxylic acid groups (broad SMARTS) is 1. The number of nitrogen functional groups attached to an aromatic ring is 1. The Bertz CT molecular complexity index is 462. The molecule has 0 aromatic carbocycles. The Labute approximate surface area is 98.2 Å². The molecule has 0 spiro atoms. The number of aromatic nitrogens is 1. The van der Waals surface area contributed by atoms with Gasteiger partial charge in [0, 0.05) is 5.56 Å². The standard InChI is InChI=1S/C9H8F4N2O3/c10-3-4-1-5(14)6(2-7(16)17)15-8(4)18-9(11,12)13/h1H,2-3,14H2,(H,16,17). The Kier molecular flexibility index (Phi) is 3.94. The van der Waals surface area contributed by atoms with Crippen molar-refractivity contribution in [2.24, 2.45) is 0 Å². The molecule has 0 bridgehead atoms. The minimum absolute atomic E-state index is 0.209. The Hall–Kier alpha value is -2.06. The van der Waals surface area contributed by atoms with E-state index >= 15 is 0 Å². The lowest BCUT2D eigenvalue weighted by Gasteiger charge is -2.13. The van der Waals surface area contributed by atoms with Gasteiger partial charge in [0.1, 0.15) is 6.67 Å². The SMILES string of the molecule is Nc1cc(CF)c(OC(F)(F)F)nc1CC(=O)O. The summed E-state index contributed by atoms with van der Waals surface area (Å²) in [6, 6.07) is 0.867. The zero-order chi connectivity index (χ0) is 13.9. The molecule has 0 unspecified atom stereocenters. The summed E-state index contributed by atoms with van der Waals surface area (Å²) < 4.78 is 52.0. The number of carbonyl (C=O) groups is 1. The Balaban J connectivity index is 3.17. The van der Waals surface area contributed by atoms with Crippen LogP contribution in [0.1, 0.15) is 11.3 Å². The molecule has 1 aromatic heterocycles. The lowest BCUT2D eigenvalue weighted by atomic mass is 10.2. The average molecular weight is 268 g/mol. The molecule has 0 aliphatic rings. The Morgan fingerprint density at radius 2 is 2.11 bits per heavy atom. The number of pyridine rings is 1. The monoisotopic (exact) mass is 268 g/mol. The highest BCUT2D eigenvalue weighted by molar-refractivity contribution is 5.72. The summed E-state index contributed by atoms with van der Waals surface area (Å²) >= 11 is 0. The van der Waals surface area contributed by atoms with E-state index in [1.165, 1.54) is 0 Å². The van der Waals surface area contributed by atoms with Crippen molar-refractivity contribution in [1.29, 1.82) is 0 Å². The first-order valence-electron chi connectivity index (χ1n) is 4.54. The fourth-order valence-electron chi connectivity index (χ4n) is 1.17. The molecule has 0 saturated heterocycles. The van der Waals surface area contributed by atoms with Crippen molar-refractivity contribution >= 4 is 11.7 Å². The highest BCUT2D eigenvalue weighted by atomic mass is 19.4. The Morgan fingerprint density at radius 3 is 2.56 bits per heavy atom. The maximum absolute atomic E-state index is 12.5. The zero-order valence-corrected chi connectivity index (χ0v) is 8.79. The van der Waals surface area contributed by atoms with Gasteiger partial charge in [-0.2, -0.15) is 0 Å². The van der Waals surface area contributed by atoms with Crippen molar-refractivity contribution in [2.45, 2.75) is 19.5 Å². The van der Waals surface area contributed by atoms with E-state index in [4.69, 9.17) is 10.8 Å². The van der Waals surface area contributed by atoms with E-state index in [9.17, 15) is 22.4 Å². The van der Waals surface area contributed by atoms with Crippen LogP contribution < -0.4 is 10.5 Å². The normalized spacial score (nSPS) is 11.3. The fourth-order valence-corrected chi connectivity index (χ4v) is 1.17. The summed E-state index contributed by atoms with van der Waals surface area (Å²) in [5, 5.41) is 8.51. The van der Waals surface area contributed by atoms with Crippen LogP contribution in [0.4, 0.5) is 23.2 Å². The predicted octanol–water partition coefficient (Wildman–Crippen LogP) is 1.66. The molecule has 1 heterocycles. The topological polar surface area (TPSA) is 85.4 Å². The largest absolute Gasteiger partial charge is 0.574 e. The first-order chi connectivity index (χ1) is 8.23. The molecular formula is C9H8F4N2O3.